The Morgan fingerprint density at radius 1 is 1.09 bits per heavy atom. The van der Waals surface area contributed by atoms with E-state index in [2.05, 4.69) is 4.98 Å². The van der Waals surface area contributed by atoms with Gasteiger partial charge in [0, 0.05) is 31.8 Å². The van der Waals surface area contributed by atoms with Crippen LogP contribution in [0.15, 0.2) is 30.9 Å². The van der Waals surface area contributed by atoms with Gasteiger partial charge in [-0.3, -0.25) is 14.4 Å². The molecule has 1 aliphatic rings. The number of phenolic OH excluding ortho intramolecular Hbond substituents is 1. The number of Topliss-reactive ketones (excluding diaryl/α,β-unsaturated/α-hetero) is 3. The molecular weight excluding hydrogens is 424 g/mol. The summed E-state index contributed by atoms with van der Waals surface area (Å²) in [5.41, 5.74) is 1.53. The van der Waals surface area contributed by atoms with E-state index in [1.807, 2.05) is 23.8 Å². The van der Waals surface area contributed by atoms with Crippen LogP contribution in [0.5, 0.6) is 5.75 Å². The Kier molecular flexibility index (Phi) is 8.14. The Hall–Kier alpha value is -3.29. The van der Waals surface area contributed by atoms with Gasteiger partial charge in [-0.25, -0.2) is 9.78 Å². The molecule has 176 valence electrons. The van der Waals surface area contributed by atoms with Crippen LogP contribution >= 0.6 is 0 Å². The van der Waals surface area contributed by atoms with E-state index in [1.54, 1.807) is 25.5 Å². The van der Waals surface area contributed by atoms with Crippen LogP contribution in [0.25, 0.3) is 0 Å². The number of carbonyl (C=O) groups is 4. The molecule has 0 fully saturated rings. The molecule has 1 aromatic heterocycles. The van der Waals surface area contributed by atoms with Gasteiger partial charge in [0.25, 0.3) is 5.78 Å². The molecule has 2 heterocycles. The highest BCUT2D eigenvalue weighted by molar-refractivity contribution is 6.63. The van der Waals surface area contributed by atoms with Gasteiger partial charge < -0.3 is 14.4 Å². The van der Waals surface area contributed by atoms with Crippen molar-refractivity contribution < 1.29 is 29.0 Å². The molecule has 1 N–H and O–H groups in total. The average Bonchev–Trinajstić information content (AvgIpc) is 3.29. The topological polar surface area (TPSA) is 116 Å². The molecule has 0 unspecified atom stereocenters. The highest BCUT2D eigenvalue weighted by atomic mass is 16.5. The maximum absolute atomic E-state index is 12.9. The van der Waals surface area contributed by atoms with Crippen molar-refractivity contribution in [1.82, 2.24) is 9.55 Å². The first-order chi connectivity index (χ1) is 15.8. The highest BCUT2D eigenvalue weighted by Crippen LogP contribution is 2.28. The Labute approximate surface area is 193 Å². The zero-order valence-corrected chi connectivity index (χ0v) is 19.1. The van der Waals surface area contributed by atoms with Gasteiger partial charge in [0.05, 0.1) is 6.33 Å². The number of fused-ring (bicyclic) bond motifs is 1. The van der Waals surface area contributed by atoms with E-state index in [9.17, 15) is 24.3 Å². The standard InChI is InChI=1S/C25H30N2O6/c1-16-8-9-21(29)24(31)20(28)7-3-6-19-13-18(5-4-11-27-12-10-26-15-27)14-22(30)23(19)25(32)33-17(16)2/h10,12-17,30H,3-9,11H2,1-2H3/t16-,17+/m1/s1. The van der Waals surface area contributed by atoms with Gasteiger partial charge in [0.15, 0.2) is 0 Å². The monoisotopic (exact) mass is 454 g/mol. The van der Waals surface area contributed by atoms with E-state index in [0.29, 0.717) is 24.8 Å². The maximum Gasteiger partial charge on any atom is 0.342 e. The van der Waals surface area contributed by atoms with E-state index in [-0.39, 0.29) is 36.5 Å². The lowest BCUT2D eigenvalue weighted by molar-refractivity contribution is -0.144. The van der Waals surface area contributed by atoms with Crippen molar-refractivity contribution in [1.29, 1.82) is 0 Å². The second-order valence-corrected chi connectivity index (χ2v) is 8.71. The summed E-state index contributed by atoms with van der Waals surface area (Å²) >= 11 is 0. The molecule has 3 rings (SSSR count). The zero-order valence-electron chi connectivity index (χ0n) is 19.1. The number of carbonyl (C=O) groups excluding carboxylic acids is 4. The molecule has 8 nitrogen and oxygen atoms in total. The summed E-state index contributed by atoms with van der Waals surface area (Å²) in [7, 11) is 0. The molecule has 1 aliphatic heterocycles. The molecule has 33 heavy (non-hydrogen) atoms. The van der Waals surface area contributed by atoms with Crippen molar-refractivity contribution in [2.24, 2.45) is 5.92 Å². The van der Waals surface area contributed by atoms with Gasteiger partial charge in [-0.1, -0.05) is 13.0 Å². The molecule has 0 bridgehead atoms. The van der Waals surface area contributed by atoms with Crippen molar-refractivity contribution in [3.05, 3.63) is 47.5 Å². The number of imidazole rings is 1. The van der Waals surface area contributed by atoms with Gasteiger partial charge in [-0.15, -0.1) is 0 Å². The number of hydrogen-bond acceptors (Lipinski definition) is 7. The van der Waals surface area contributed by atoms with Crippen LogP contribution in [-0.4, -0.2) is 44.1 Å². The van der Waals surface area contributed by atoms with E-state index in [0.717, 1.165) is 18.5 Å². The van der Waals surface area contributed by atoms with Gasteiger partial charge in [-0.05, 0) is 62.1 Å². The normalized spacial score (nSPS) is 20.8. The minimum Gasteiger partial charge on any atom is -0.507 e. The molecule has 0 saturated heterocycles. The van der Waals surface area contributed by atoms with Crippen molar-refractivity contribution >= 4 is 23.3 Å². The molecule has 2 aromatic rings. The summed E-state index contributed by atoms with van der Waals surface area (Å²) in [5.74, 6) is -3.34. The number of aromatic hydroxyl groups is 1. The quantitative estimate of drug-likeness (QED) is 0.557. The maximum atomic E-state index is 12.9. The summed E-state index contributed by atoms with van der Waals surface area (Å²) in [6.45, 7) is 4.29. The molecule has 8 heteroatoms. The average molecular weight is 455 g/mol. The second-order valence-electron chi connectivity index (χ2n) is 8.71. The smallest absolute Gasteiger partial charge is 0.342 e. The predicted octanol–water partition coefficient (Wildman–Crippen LogP) is 3.23. The third-order valence-corrected chi connectivity index (χ3v) is 6.18. The summed E-state index contributed by atoms with van der Waals surface area (Å²) in [4.78, 5) is 53.3. The SMILES string of the molecule is C[C@@H]1CCC(=O)C(=O)C(=O)CCCc2cc(CCCn3ccnc3)cc(O)c2C(=O)O[C@H]1C. The lowest BCUT2D eigenvalue weighted by atomic mass is 9.93. The number of aryl methyl sites for hydroxylation is 3. The number of ether oxygens (including phenoxy) is 1. The number of aromatic nitrogens is 2. The van der Waals surface area contributed by atoms with Crippen LogP contribution in [0.1, 0.15) is 67.4 Å². The Morgan fingerprint density at radius 2 is 1.85 bits per heavy atom. The first-order valence-corrected chi connectivity index (χ1v) is 11.4. The summed E-state index contributed by atoms with van der Waals surface area (Å²) in [6.07, 6.45) is 7.04. The van der Waals surface area contributed by atoms with Gasteiger partial charge in [-0.2, -0.15) is 0 Å². The largest absolute Gasteiger partial charge is 0.507 e. The number of phenols is 1. The van der Waals surface area contributed by atoms with Gasteiger partial charge >= 0.3 is 5.97 Å². The molecular formula is C25H30N2O6. The number of benzene rings is 1. The minimum absolute atomic E-state index is 0.0576. The molecule has 0 aliphatic carbocycles. The summed E-state index contributed by atoms with van der Waals surface area (Å²) < 4.78 is 7.56. The van der Waals surface area contributed by atoms with E-state index in [1.165, 1.54) is 0 Å². The Bertz CT molecular complexity index is 1030. The minimum atomic E-state index is -0.958. The molecule has 0 radical (unpaired) electrons. The number of nitrogens with zero attached hydrogens (tertiary/aromatic N) is 2. The van der Waals surface area contributed by atoms with Crippen molar-refractivity contribution in [3.8, 4) is 5.75 Å². The third kappa shape index (κ3) is 6.37. The Balaban J connectivity index is 1.84. The van der Waals surface area contributed by atoms with Gasteiger partial charge in [0.1, 0.15) is 17.4 Å². The number of cyclic esters (lactones) is 1. The van der Waals surface area contributed by atoms with Crippen LogP contribution in [-0.2, 0) is 38.5 Å². The summed E-state index contributed by atoms with van der Waals surface area (Å²) in [6, 6.07) is 3.43. The van der Waals surface area contributed by atoms with Crippen molar-refractivity contribution in [2.45, 2.75) is 71.4 Å². The molecule has 0 spiro atoms. The zero-order chi connectivity index (χ0) is 24.0. The fraction of sp³-hybridized carbons (Fsp3) is 0.480. The highest BCUT2D eigenvalue weighted by Gasteiger charge is 2.27. The lowest BCUT2D eigenvalue weighted by Gasteiger charge is -2.22. The Morgan fingerprint density at radius 3 is 2.58 bits per heavy atom. The van der Waals surface area contributed by atoms with Crippen LogP contribution < -0.4 is 0 Å². The molecule has 2 atom stereocenters. The second kappa shape index (κ2) is 11.0. The first-order valence-electron chi connectivity index (χ1n) is 11.4. The predicted molar refractivity (Wildman–Crippen MR) is 120 cm³/mol. The number of hydrogen-bond donors (Lipinski definition) is 1. The fourth-order valence-corrected chi connectivity index (χ4v) is 3.97. The fourth-order valence-electron chi connectivity index (χ4n) is 3.97. The molecule has 0 saturated carbocycles. The van der Waals surface area contributed by atoms with E-state index in [4.69, 9.17) is 4.74 Å². The molecule has 0 amide bonds. The van der Waals surface area contributed by atoms with E-state index < -0.39 is 29.4 Å². The molecule has 1 aromatic carbocycles. The van der Waals surface area contributed by atoms with Crippen LogP contribution in [0.2, 0.25) is 0 Å². The van der Waals surface area contributed by atoms with Crippen molar-refractivity contribution in [2.75, 3.05) is 0 Å². The van der Waals surface area contributed by atoms with Crippen LogP contribution in [0, 0.1) is 5.92 Å². The van der Waals surface area contributed by atoms with Gasteiger partial charge in [0.2, 0.25) is 11.6 Å². The number of ketones is 3. The number of esters is 1. The van der Waals surface area contributed by atoms with Crippen LogP contribution in [0.4, 0.5) is 0 Å². The lowest BCUT2D eigenvalue weighted by Crippen LogP contribution is -2.27. The van der Waals surface area contributed by atoms with E-state index >= 15 is 0 Å². The van der Waals surface area contributed by atoms with Crippen LogP contribution in [0.3, 0.4) is 0 Å². The first kappa shape index (κ1) is 24.4. The third-order valence-electron chi connectivity index (χ3n) is 6.18. The summed E-state index contributed by atoms with van der Waals surface area (Å²) in [5, 5.41) is 10.7. The number of rotatable bonds is 4. The van der Waals surface area contributed by atoms with Crippen molar-refractivity contribution in [3.63, 3.8) is 0 Å².